The van der Waals surface area contributed by atoms with Gasteiger partial charge in [0.15, 0.2) is 5.78 Å². The van der Waals surface area contributed by atoms with Crippen molar-refractivity contribution in [3.8, 4) is 0 Å². The molecule has 1 saturated heterocycles. The molecule has 2 heterocycles. The number of halogens is 1. The van der Waals surface area contributed by atoms with Crippen LogP contribution in [0.4, 0.5) is 4.39 Å². The summed E-state index contributed by atoms with van der Waals surface area (Å²) in [6.45, 7) is 2.85. The van der Waals surface area contributed by atoms with Crippen LogP contribution in [0.1, 0.15) is 34.3 Å². The molecule has 0 bridgehead atoms. The molecule has 4 rings (SSSR count). The van der Waals surface area contributed by atoms with Gasteiger partial charge in [0, 0.05) is 19.5 Å². The number of carbonyl (C=O) groups is 1. The molecule has 1 fully saturated rings. The van der Waals surface area contributed by atoms with Gasteiger partial charge in [0.1, 0.15) is 5.82 Å². The number of carbonyl (C=O) groups excluding carboxylic acids is 1. The highest BCUT2D eigenvalue weighted by Crippen LogP contribution is 2.24. The Morgan fingerprint density at radius 1 is 1.31 bits per heavy atom. The van der Waals surface area contributed by atoms with Crippen molar-refractivity contribution < 1.29 is 18.9 Å². The molecule has 0 amide bonds. The van der Waals surface area contributed by atoms with Gasteiger partial charge in [-0.25, -0.2) is 4.39 Å². The van der Waals surface area contributed by atoms with Gasteiger partial charge in [0.2, 0.25) is 0 Å². The molecule has 1 atom stereocenters. The average Bonchev–Trinajstić information content (AvgIpc) is 3.21. The third kappa shape index (κ3) is 3.58. The Labute approximate surface area is 152 Å². The Kier molecular flexibility index (Phi) is 4.89. The summed E-state index contributed by atoms with van der Waals surface area (Å²) >= 11 is 0. The van der Waals surface area contributed by atoms with E-state index < -0.39 is 12.9 Å². The zero-order valence-corrected chi connectivity index (χ0v) is 14.5. The molecule has 2 aliphatic rings. The van der Waals surface area contributed by atoms with Crippen LogP contribution in [0.15, 0.2) is 42.5 Å². The second kappa shape index (κ2) is 7.31. The number of Topliss-reactive ketones (excluding diaryl/α,β-unsaturated/α-hetero) is 1. The summed E-state index contributed by atoms with van der Waals surface area (Å²) < 4.78 is 19.4. The van der Waals surface area contributed by atoms with Crippen LogP contribution in [0.25, 0.3) is 0 Å². The van der Waals surface area contributed by atoms with E-state index in [-0.39, 0.29) is 23.9 Å². The normalized spacial score (nSPS) is 19.8. The fraction of sp³-hybridized carbons (Fsp3) is 0.350. The molecule has 2 aromatic rings. The monoisotopic (exact) mass is 353 g/mol. The van der Waals surface area contributed by atoms with Crippen LogP contribution >= 0.6 is 0 Å². The summed E-state index contributed by atoms with van der Waals surface area (Å²) in [6, 6.07) is 13.0. The lowest BCUT2D eigenvalue weighted by Gasteiger charge is -2.16. The first-order chi connectivity index (χ1) is 12.6. The molecule has 2 aliphatic heterocycles. The molecular weight excluding hydrogens is 332 g/mol. The van der Waals surface area contributed by atoms with E-state index in [1.807, 2.05) is 18.2 Å². The van der Waals surface area contributed by atoms with Crippen molar-refractivity contribution in [3.63, 3.8) is 0 Å². The summed E-state index contributed by atoms with van der Waals surface area (Å²) in [5, 5.41) is 9.77. The summed E-state index contributed by atoms with van der Waals surface area (Å²) in [6.07, 6.45) is 1.27. The lowest BCUT2D eigenvalue weighted by atomic mass is 9.78. The molecule has 0 saturated carbocycles. The fourth-order valence-corrected chi connectivity index (χ4v) is 3.90. The SMILES string of the molecule is O=C(CC1CCN(Cc2ccccc2)C1)c1cc2c(cc1F)COB2O. The van der Waals surface area contributed by atoms with Crippen LogP contribution in [0.2, 0.25) is 0 Å². The highest BCUT2D eigenvalue weighted by atomic mass is 19.1. The van der Waals surface area contributed by atoms with Crippen LogP contribution in [-0.4, -0.2) is 35.9 Å². The number of rotatable bonds is 5. The first kappa shape index (κ1) is 17.4. The maximum Gasteiger partial charge on any atom is 0.491 e. The Bertz CT molecular complexity index is 814. The van der Waals surface area contributed by atoms with Gasteiger partial charge >= 0.3 is 7.12 Å². The third-order valence-electron chi connectivity index (χ3n) is 5.29. The molecule has 1 unspecified atom stereocenters. The Hall–Kier alpha value is -2.02. The summed E-state index contributed by atoms with van der Waals surface area (Å²) in [7, 11) is -1.06. The van der Waals surface area contributed by atoms with Crippen molar-refractivity contribution in [3.05, 3.63) is 65.0 Å². The quantitative estimate of drug-likeness (QED) is 0.661. The molecule has 1 N–H and O–H groups in total. The van der Waals surface area contributed by atoms with Crippen LogP contribution in [0.3, 0.4) is 0 Å². The molecule has 0 spiro atoms. The number of fused-ring (bicyclic) bond motifs is 1. The predicted octanol–water partition coefficient (Wildman–Crippen LogP) is 2.14. The van der Waals surface area contributed by atoms with Crippen molar-refractivity contribution in [2.45, 2.75) is 26.0 Å². The third-order valence-corrected chi connectivity index (χ3v) is 5.29. The number of likely N-dealkylation sites (tertiary alicyclic amines) is 1. The molecule has 0 aromatic heterocycles. The van der Waals surface area contributed by atoms with E-state index in [2.05, 4.69) is 17.0 Å². The first-order valence-electron chi connectivity index (χ1n) is 9.01. The van der Waals surface area contributed by atoms with Crippen molar-refractivity contribution in [1.29, 1.82) is 0 Å². The van der Waals surface area contributed by atoms with Gasteiger partial charge in [-0.1, -0.05) is 30.3 Å². The van der Waals surface area contributed by atoms with E-state index in [4.69, 9.17) is 4.65 Å². The van der Waals surface area contributed by atoms with Gasteiger partial charge in [-0.05, 0) is 47.6 Å². The number of nitrogens with zero attached hydrogens (tertiary/aromatic N) is 1. The van der Waals surface area contributed by atoms with E-state index in [1.54, 1.807) is 0 Å². The predicted molar refractivity (Wildman–Crippen MR) is 97.6 cm³/mol. The van der Waals surface area contributed by atoms with Crippen molar-refractivity contribution >= 4 is 18.4 Å². The highest BCUT2D eigenvalue weighted by molar-refractivity contribution is 6.61. The van der Waals surface area contributed by atoms with Gasteiger partial charge in [-0.2, -0.15) is 0 Å². The minimum atomic E-state index is -1.06. The number of hydrogen-bond donors (Lipinski definition) is 1. The van der Waals surface area contributed by atoms with Gasteiger partial charge in [-0.15, -0.1) is 0 Å². The summed E-state index contributed by atoms with van der Waals surface area (Å²) in [4.78, 5) is 14.9. The number of hydrogen-bond acceptors (Lipinski definition) is 4. The molecule has 2 aromatic carbocycles. The molecule has 0 aliphatic carbocycles. The zero-order chi connectivity index (χ0) is 18.1. The Balaban J connectivity index is 1.39. The van der Waals surface area contributed by atoms with Crippen LogP contribution in [0, 0.1) is 11.7 Å². The van der Waals surface area contributed by atoms with E-state index in [0.29, 0.717) is 17.4 Å². The van der Waals surface area contributed by atoms with E-state index >= 15 is 0 Å². The van der Waals surface area contributed by atoms with Gasteiger partial charge in [0.25, 0.3) is 0 Å². The second-order valence-electron chi connectivity index (χ2n) is 7.20. The molecule has 0 radical (unpaired) electrons. The summed E-state index contributed by atoms with van der Waals surface area (Å²) in [5.74, 6) is -0.485. The standard InChI is InChI=1S/C20H21BFNO3/c22-19-9-16-13-26-21(25)18(16)10-17(19)20(24)8-15-6-7-23(12-15)11-14-4-2-1-3-5-14/h1-5,9-10,15,25H,6-8,11-13H2. The molecule has 4 nitrogen and oxygen atoms in total. The average molecular weight is 353 g/mol. The van der Waals surface area contributed by atoms with Crippen LogP contribution < -0.4 is 5.46 Å². The zero-order valence-electron chi connectivity index (χ0n) is 14.5. The van der Waals surface area contributed by atoms with Gasteiger partial charge in [0.05, 0.1) is 12.2 Å². The van der Waals surface area contributed by atoms with Gasteiger partial charge < -0.3 is 9.68 Å². The van der Waals surface area contributed by atoms with Gasteiger partial charge in [-0.3, -0.25) is 9.69 Å². The largest absolute Gasteiger partial charge is 0.491 e. The lowest BCUT2D eigenvalue weighted by Crippen LogP contribution is -2.29. The lowest BCUT2D eigenvalue weighted by molar-refractivity contribution is 0.0958. The highest BCUT2D eigenvalue weighted by Gasteiger charge is 2.31. The maximum atomic E-state index is 14.3. The van der Waals surface area contributed by atoms with Crippen LogP contribution in [0.5, 0.6) is 0 Å². The molecular formula is C20H21BFNO3. The second-order valence-corrected chi connectivity index (χ2v) is 7.20. The van der Waals surface area contributed by atoms with Crippen molar-refractivity contribution in [2.24, 2.45) is 5.92 Å². The van der Waals surface area contributed by atoms with E-state index in [9.17, 15) is 14.2 Å². The molecule has 26 heavy (non-hydrogen) atoms. The molecule has 134 valence electrons. The van der Waals surface area contributed by atoms with Crippen molar-refractivity contribution in [1.82, 2.24) is 4.90 Å². The van der Waals surface area contributed by atoms with E-state index in [0.717, 1.165) is 26.1 Å². The van der Waals surface area contributed by atoms with E-state index in [1.165, 1.54) is 17.7 Å². The van der Waals surface area contributed by atoms with Crippen molar-refractivity contribution in [2.75, 3.05) is 13.1 Å². The smallest absolute Gasteiger partial charge is 0.423 e. The number of ketones is 1. The molecule has 6 heteroatoms. The minimum Gasteiger partial charge on any atom is -0.423 e. The topological polar surface area (TPSA) is 49.8 Å². The Morgan fingerprint density at radius 2 is 2.12 bits per heavy atom. The minimum absolute atomic E-state index is 0.0646. The number of benzene rings is 2. The first-order valence-corrected chi connectivity index (χ1v) is 9.01. The fourth-order valence-electron chi connectivity index (χ4n) is 3.90. The summed E-state index contributed by atoms with van der Waals surface area (Å²) in [5.41, 5.74) is 2.45. The van der Waals surface area contributed by atoms with Crippen LogP contribution in [-0.2, 0) is 17.8 Å². The Morgan fingerprint density at radius 3 is 2.92 bits per heavy atom. The maximum absolute atomic E-state index is 14.3.